The van der Waals surface area contributed by atoms with Crippen LogP contribution in [0.3, 0.4) is 0 Å². The van der Waals surface area contributed by atoms with Gasteiger partial charge in [0.05, 0.1) is 12.2 Å². The Morgan fingerprint density at radius 2 is 2.14 bits per heavy atom. The number of allylic oxidation sites excluding steroid dienone is 2. The molecular formula is C20H34O. The van der Waals surface area contributed by atoms with Crippen LogP contribution in [0, 0.1) is 17.8 Å². The fourth-order valence-corrected chi connectivity index (χ4v) is 4.05. The highest BCUT2D eigenvalue weighted by Crippen LogP contribution is 2.41. The molecule has 0 amide bonds. The Hall–Kier alpha value is -0.560. The van der Waals surface area contributed by atoms with Crippen molar-refractivity contribution in [2.45, 2.75) is 84.8 Å². The van der Waals surface area contributed by atoms with Crippen molar-refractivity contribution in [2.24, 2.45) is 17.8 Å². The van der Waals surface area contributed by atoms with Gasteiger partial charge in [0.1, 0.15) is 0 Å². The van der Waals surface area contributed by atoms with Crippen molar-refractivity contribution in [3.05, 3.63) is 23.8 Å². The van der Waals surface area contributed by atoms with Crippen molar-refractivity contribution in [3.8, 4) is 0 Å². The number of ether oxygens (including phenoxy) is 1. The topological polar surface area (TPSA) is 9.23 Å². The summed E-state index contributed by atoms with van der Waals surface area (Å²) in [6, 6.07) is 0. The van der Waals surface area contributed by atoms with Crippen molar-refractivity contribution in [1.29, 1.82) is 0 Å². The maximum Gasteiger partial charge on any atom is 0.0646 e. The van der Waals surface area contributed by atoms with Gasteiger partial charge < -0.3 is 4.74 Å². The van der Waals surface area contributed by atoms with Crippen LogP contribution in [0.1, 0.15) is 72.6 Å². The molecule has 1 heterocycles. The molecule has 1 nitrogen and oxygen atoms in total. The number of fused-ring (bicyclic) bond motifs is 1. The predicted octanol–water partition coefficient (Wildman–Crippen LogP) is 5.91. The Balaban J connectivity index is 1.81. The van der Waals surface area contributed by atoms with Crippen molar-refractivity contribution in [1.82, 2.24) is 0 Å². The molecule has 1 aliphatic heterocycles. The zero-order chi connectivity index (χ0) is 15.4. The molecule has 1 saturated carbocycles. The van der Waals surface area contributed by atoms with E-state index in [-0.39, 0.29) is 0 Å². The van der Waals surface area contributed by atoms with Crippen LogP contribution in [0.4, 0.5) is 0 Å². The molecule has 0 aromatic carbocycles. The minimum Gasteiger partial charge on any atom is -0.374 e. The first-order valence-electron chi connectivity index (χ1n) is 8.92. The molecular weight excluding hydrogens is 256 g/mol. The van der Waals surface area contributed by atoms with E-state index < -0.39 is 0 Å². The van der Waals surface area contributed by atoms with Crippen LogP contribution < -0.4 is 0 Å². The number of hydrogen-bond donors (Lipinski definition) is 0. The van der Waals surface area contributed by atoms with Crippen molar-refractivity contribution in [3.63, 3.8) is 0 Å². The summed E-state index contributed by atoms with van der Waals surface area (Å²) >= 11 is 0. The maximum atomic E-state index is 6.45. The largest absolute Gasteiger partial charge is 0.374 e. The summed E-state index contributed by atoms with van der Waals surface area (Å²) in [5, 5.41) is 0. The highest BCUT2D eigenvalue weighted by Gasteiger charge is 2.37. The van der Waals surface area contributed by atoms with Gasteiger partial charge in [-0.25, -0.2) is 0 Å². The minimum absolute atomic E-state index is 0.422. The Morgan fingerprint density at radius 1 is 1.38 bits per heavy atom. The van der Waals surface area contributed by atoms with Gasteiger partial charge in [-0.15, -0.1) is 0 Å². The highest BCUT2D eigenvalue weighted by atomic mass is 16.5. The van der Waals surface area contributed by atoms with Crippen molar-refractivity contribution < 1.29 is 4.74 Å². The summed E-state index contributed by atoms with van der Waals surface area (Å²) in [5.74, 6) is 2.22. The standard InChI is InChI=1S/C20H34O/c1-14(2)7-6-8-15(3)11-18-13-17(5)19-10-9-16(4)12-20(19)21-18/h7,15-16,18-20H,5-6,8-13H2,1-4H3/t15-,16+,18+,19-,20+/m0/s1. The van der Waals surface area contributed by atoms with E-state index in [4.69, 9.17) is 4.74 Å². The highest BCUT2D eigenvalue weighted by molar-refractivity contribution is 5.10. The molecule has 120 valence electrons. The van der Waals surface area contributed by atoms with Gasteiger partial charge in [0.2, 0.25) is 0 Å². The van der Waals surface area contributed by atoms with E-state index in [0.29, 0.717) is 18.1 Å². The van der Waals surface area contributed by atoms with E-state index >= 15 is 0 Å². The molecule has 2 fully saturated rings. The average Bonchev–Trinajstić information content (AvgIpc) is 2.37. The third-order valence-corrected chi connectivity index (χ3v) is 5.31. The van der Waals surface area contributed by atoms with Crippen LogP contribution in [0.25, 0.3) is 0 Å². The lowest BCUT2D eigenvalue weighted by atomic mass is 9.74. The van der Waals surface area contributed by atoms with Gasteiger partial charge >= 0.3 is 0 Å². The molecule has 0 radical (unpaired) electrons. The summed E-state index contributed by atoms with van der Waals surface area (Å²) < 4.78 is 6.45. The molecule has 0 unspecified atom stereocenters. The van der Waals surface area contributed by atoms with Crippen LogP contribution in [0.15, 0.2) is 23.8 Å². The van der Waals surface area contributed by atoms with Gasteiger partial charge in [0.25, 0.3) is 0 Å². The summed E-state index contributed by atoms with van der Waals surface area (Å²) in [7, 11) is 0. The second kappa shape index (κ2) is 7.63. The average molecular weight is 290 g/mol. The van der Waals surface area contributed by atoms with Crippen LogP contribution in [0.2, 0.25) is 0 Å². The van der Waals surface area contributed by atoms with E-state index in [0.717, 1.165) is 18.3 Å². The fourth-order valence-electron chi connectivity index (χ4n) is 4.05. The summed E-state index contributed by atoms with van der Waals surface area (Å²) in [6.45, 7) is 13.5. The first kappa shape index (κ1) is 16.8. The Kier molecular flexibility index (Phi) is 6.10. The third-order valence-electron chi connectivity index (χ3n) is 5.31. The zero-order valence-electron chi connectivity index (χ0n) is 14.5. The predicted molar refractivity (Wildman–Crippen MR) is 91.4 cm³/mol. The molecule has 5 atom stereocenters. The number of hydrogen-bond acceptors (Lipinski definition) is 1. The Morgan fingerprint density at radius 3 is 2.86 bits per heavy atom. The summed E-state index contributed by atoms with van der Waals surface area (Å²) in [5.41, 5.74) is 2.91. The Labute approximate surface area is 131 Å². The maximum absolute atomic E-state index is 6.45. The smallest absolute Gasteiger partial charge is 0.0646 e. The molecule has 1 heteroatoms. The lowest BCUT2D eigenvalue weighted by Crippen LogP contribution is -2.40. The molecule has 0 bridgehead atoms. The van der Waals surface area contributed by atoms with Crippen LogP contribution >= 0.6 is 0 Å². The van der Waals surface area contributed by atoms with E-state index in [1.54, 1.807) is 0 Å². The van der Waals surface area contributed by atoms with Gasteiger partial charge in [-0.3, -0.25) is 0 Å². The summed E-state index contributed by atoms with van der Waals surface area (Å²) in [6.07, 6.45) is 11.9. The molecule has 1 saturated heterocycles. The lowest BCUT2D eigenvalue weighted by molar-refractivity contribution is -0.0906. The first-order valence-corrected chi connectivity index (χ1v) is 8.92. The molecule has 2 rings (SSSR count). The van der Waals surface area contributed by atoms with Crippen LogP contribution in [-0.2, 0) is 4.74 Å². The fraction of sp³-hybridized carbons (Fsp3) is 0.800. The normalized spacial score (nSPS) is 34.2. The molecule has 2 aliphatic rings. The van der Waals surface area contributed by atoms with Crippen molar-refractivity contribution >= 4 is 0 Å². The van der Waals surface area contributed by atoms with E-state index in [1.165, 1.54) is 49.7 Å². The van der Waals surface area contributed by atoms with Gasteiger partial charge in [-0.1, -0.05) is 37.6 Å². The Bertz CT molecular complexity index is 377. The minimum atomic E-state index is 0.422. The van der Waals surface area contributed by atoms with Crippen molar-refractivity contribution in [2.75, 3.05) is 0 Å². The van der Waals surface area contributed by atoms with Gasteiger partial charge in [0.15, 0.2) is 0 Å². The van der Waals surface area contributed by atoms with Crippen LogP contribution in [-0.4, -0.2) is 12.2 Å². The van der Waals surface area contributed by atoms with E-state index in [9.17, 15) is 0 Å². The molecule has 0 aromatic heterocycles. The first-order chi connectivity index (χ1) is 9.95. The second-order valence-electron chi connectivity index (χ2n) is 7.88. The molecule has 0 aromatic rings. The second-order valence-corrected chi connectivity index (χ2v) is 7.88. The van der Waals surface area contributed by atoms with E-state index in [1.807, 2.05) is 0 Å². The molecule has 0 spiro atoms. The zero-order valence-corrected chi connectivity index (χ0v) is 14.5. The SMILES string of the molecule is C=C1C[C@@H](C[C@@H](C)CCC=C(C)C)O[C@@H]2C[C@H](C)CC[C@@H]12. The van der Waals surface area contributed by atoms with E-state index in [2.05, 4.69) is 40.3 Å². The molecule has 0 N–H and O–H groups in total. The lowest BCUT2D eigenvalue weighted by Gasteiger charge is -2.43. The van der Waals surface area contributed by atoms with Gasteiger partial charge in [-0.2, -0.15) is 0 Å². The third kappa shape index (κ3) is 4.98. The summed E-state index contributed by atoms with van der Waals surface area (Å²) in [4.78, 5) is 0. The quantitative estimate of drug-likeness (QED) is 0.572. The van der Waals surface area contributed by atoms with Gasteiger partial charge in [-0.05, 0) is 70.6 Å². The number of rotatable bonds is 5. The molecule has 21 heavy (non-hydrogen) atoms. The van der Waals surface area contributed by atoms with Gasteiger partial charge in [0, 0.05) is 5.92 Å². The van der Waals surface area contributed by atoms with Crippen LogP contribution in [0.5, 0.6) is 0 Å². The molecule has 1 aliphatic carbocycles. The monoisotopic (exact) mass is 290 g/mol.